The number of para-hydroxylation sites is 1. The van der Waals surface area contributed by atoms with Gasteiger partial charge in [0.1, 0.15) is 5.75 Å². The van der Waals surface area contributed by atoms with E-state index >= 15 is 0 Å². The topological polar surface area (TPSA) is 98.5 Å². The average molecular weight is 348 g/mol. The summed E-state index contributed by atoms with van der Waals surface area (Å²) in [4.78, 5) is 10.8. The first-order chi connectivity index (χ1) is 11.3. The molecule has 128 valence electrons. The second kappa shape index (κ2) is 7.35. The number of nitrogens with one attached hydrogen (secondary N) is 1. The number of carbonyl (C=O) groups excluding carboxylic acids is 1. The summed E-state index contributed by atoms with van der Waals surface area (Å²) in [5, 5.41) is 0. The minimum Gasteiger partial charge on any atom is -0.484 e. The van der Waals surface area contributed by atoms with Gasteiger partial charge in [0.2, 0.25) is 0 Å². The fraction of sp³-hybridized carbons (Fsp3) is 0.235. The number of nitrogens with two attached hydrogens (primary N) is 1. The molecule has 0 spiro atoms. The lowest BCUT2D eigenvalue weighted by molar-refractivity contribution is -0.119. The molecule has 2 aromatic carbocycles. The van der Waals surface area contributed by atoms with Crippen LogP contribution in [-0.4, -0.2) is 20.9 Å². The van der Waals surface area contributed by atoms with Crippen LogP contribution in [0.5, 0.6) is 5.75 Å². The molecule has 0 unspecified atom stereocenters. The van der Waals surface area contributed by atoms with Crippen LogP contribution in [0.4, 0.5) is 5.69 Å². The highest BCUT2D eigenvalue weighted by atomic mass is 32.2. The van der Waals surface area contributed by atoms with Crippen LogP contribution in [0, 0.1) is 6.92 Å². The molecule has 7 heteroatoms. The molecule has 0 aliphatic rings. The molecule has 3 N–H and O–H groups in total. The lowest BCUT2D eigenvalue weighted by atomic mass is 10.1. The van der Waals surface area contributed by atoms with Crippen molar-refractivity contribution in [1.82, 2.24) is 0 Å². The molecular formula is C17H20N2O4S. The Labute approximate surface area is 141 Å². The van der Waals surface area contributed by atoms with Crippen LogP contribution in [0.3, 0.4) is 0 Å². The highest BCUT2D eigenvalue weighted by molar-refractivity contribution is 7.92. The molecule has 0 radical (unpaired) electrons. The van der Waals surface area contributed by atoms with E-state index in [9.17, 15) is 13.2 Å². The van der Waals surface area contributed by atoms with E-state index < -0.39 is 15.9 Å². The van der Waals surface area contributed by atoms with Gasteiger partial charge in [-0.3, -0.25) is 9.52 Å². The standard InChI is InChI=1S/C17H20N2O4S/c1-3-13-6-4-5-12(2)17(13)19-24(21,22)15-9-7-14(8-10-15)23-11-16(18)20/h4-10,19H,3,11H2,1-2H3,(H2,18,20). The predicted octanol–water partition coefficient (Wildman–Crippen LogP) is 2.22. The van der Waals surface area contributed by atoms with E-state index in [1.165, 1.54) is 24.3 Å². The Morgan fingerprint density at radius 2 is 1.83 bits per heavy atom. The van der Waals surface area contributed by atoms with Gasteiger partial charge in [-0.1, -0.05) is 25.1 Å². The highest BCUT2D eigenvalue weighted by Crippen LogP contribution is 2.25. The first-order valence-corrected chi connectivity index (χ1v) is 8.94. The van der Waals surface area contributed by atoms with Crippen LogP contribution in [0.1, 0.15) is 18.1 Å². The summed E-state index contributed by atoms with van der Waals surface area (Å²) in [6.45, 7) is 3.57. The predicted molar refractivity (Wildman–Crippen MR) is 92.5 cm³/mol. The van der Waals surface area contributed by atoms with Gasteiger partial charge in [0.25, 0.3) is 15.9 Å². The molecule has 24 heavy (non-hydrogen) atoms. The van der Waals surface area contributed by atoms with Crippen molar-refractivity contribution in [3.05, 3.63) is 53.6 Å². The second-order valence-electron chi connectivity index (χ2n) is 5.29. The molecule has 1 amide bonds. The van der Waals surface area contributed by atoms with Crippen molar-refractivity contribution in [1.29, 1.82) is 0 Å². The monoisotopic (exact) mass is 348 g/mol. The molecule has 0 atom stereocenters. The largest absolute Gasteiger partial charge is 0.484 e. The van der Waals surface area contributed by atoms with E-state index in [0.29, 0.717) is 11.4 Å². The maximum Gasteiger partial charge on any atom is 0.261 e. The molecule has 0 bridgehead atoms. The van der Waals surface area contributed by atoms with Crippen molar-refractivity contribution in [3.8, 4) is 5.75 Å². The summed E-state index contributed by atoms with van der Waals surface area (Å²) in [7, 11) is -3.71. The Kier molecular flexibility index (Phi) is 5.46. The van der Waals surface area contributed by atoms with E-state index in [-0.39, 0.29) is 11.5 Å². The number of benzene rings is 2. The van der Waals surface area contributed by atoms with Gasteiger partial charge in [-0.2, -0.15) is 0 Å². The molecule has 6 nitrogen and oxygen atoms in total. The van der Waals surface area contributed by atoms with Gasteiger partial charge in [-0.25, -0.2) is 8.42 Å². The van der Waals surface area contributed by atoms with Crippen LogP contribution in [0.2, 0.25) is 0 Å². The number of hydrogen-bond donors (Lipinski definition) is 2. The number of primary amides is 1. The van der Waals surface area contributed by atoms with Crippen LogP contribution in [-0.2, 0) is 21.2 Å². The zero-order valence-electron chi connectivity index (χ0n) is 13.6. The molecule has 0 aliphatic carbocycles. The third-order valence-electron chi connectivity index (χ3n) is 3.49. The lowest BCUT2D eigenvalue weighted by Gasteiger charge is -2.14. The van der Waals surface area contributed by atoms with Crippen molar-refractivity contribution in [2.24, 2.45) is 5.73 Å². The molecule has 0 heterocycles. The number of hydrogen-bond acceptors (Lipinski definition) is 4. The van der Waals surface area contributed by atoms with Gasteiger partial charge in [-0.05, 0) is 48.7 Å². The van der Waals surface area contributed by atoms with E-state index in [1.54, 1.807) is 0 Å². The van der Waals surface area contributed by atoms with Gasteiger partial charge < -0.3 is 10.5 Å². The Bertz CT molecular complexity index is 830. The Morgan fingerprint density at radius 3 is 2.42 bits per heavy atom. The third kappa shape index (κ3) is 4.26. The Hall–Kier alpha value is -2.54. The number of carbonyl (C=O) groups is 1. The Morgan fingerprint density at radius 1 is 1.17 bits per heavy atom. The zero-order valence-corrected chi connectivity index (χ0v) is 14.4. The van der Waals surface area contributed by atoms with Crippen molar-refractivity contribution in [3.63, 3.8) is 0 Å². The fourth-order valence-electron chi connectivity index (χ4n) is 2.23. The maximum absolute atomic E-state index is 12.6. The van der Waals surface area contributed by atoms with E-state index in [2.05, 4.69) is 4.72 Å². The minimum atomic E-state index is -3.71. The van der Waals surface area contributed by atoms with Crippen molar-refractivity contribution in [2.45, 2.75) is 25.2 Å². The van der Waals surface area contributed by atoms with Gasteiger partial charge in [0.05, 0.1) is 10.6 Å². The van der Waals surface area contributed by atoms with Gasteiger partial charge in [0.15, 0.2) is 6.61 Å². The summed E-state index contributed by atoms with van der Waals surface area (Å²) >= 11 is 0. The highest BCUT2D eigenvalue weighted by Gasteiger charge is 2.17. The van der Waals surface area contributed by atoms with Crippen LogP contribution >= 0.6 is 0 Å². The van der Waals surface area contributed by atoms with Crippen LogP contribution < -0.4 is 15.2 Å². The summed E-state index contributed by atoms with van der Waals surface area (Å²) in [5.41, 5.74) is 7.39. The zero-order chi connectivity index (χ0) is 17.7. The molecule has 0 aliphatic heterocycles. The molecule has 2 aromatic rings. The molecule has 0 aromatic heterocycles. The molecular weight excluding hydrogens is 328 g/mol. The summed E-state index contributed by atoms with van der Waals surface area (Å²) in [5.74, 6) is -0.224. The van der Waals surface area contributed by atoms with Gasteiger partial charge >= 0.3 is 0 Å². The number of anilines is 1. The normalized spacial score (nSPS) is 11.1. The first-order valence-electron chi connectivity index (χ1n) is 7.46. The Balaban J connectivity index is 2.23. The molecule has 0 saturated heterocycles. The quantitative estimate of drug-likeness (QED) is 0.801. The molecule has 0 fully saturated rings. The number of ether oxygens (including phenoxy) is 1. The summed E-state index contributed by atoms with van der Waals surface area (Å²) < 4.78 is 32.9. The first kappa shape index (κ1) is 17.8. The minimum absolute atomic E-state index is 0.110. The third-order valence-corrected chi connectivity index (χ3v) is 4.86. The molecule has 2 rings (SSSR count). The number of rotatable bonds is 7. The lowest BCUT2D eigenvalue weighted by Crippen LogP contribution is -2.20. The smallest absolute Gasteiger partial charge is 0.261 e. The summed E-state index contributed by atoms with van der Waals surface area (Å²) in [6.07, 6.45) is 0.722. The van der Waals surface area contributed by atoms with Crippen molar-refractivity contribution < 1.29 is 17.9 Å². The van der Waals surface area contributed by atoms with Crippen molar-refractivity contribution in [2.75, 3.05) is 11.3 Å². The van der Waals surface area contributed by atoms with E-state index in [1.807, 2.05) is 32.0 Å². The number of sulfonamides is 1. The maximum atomic E-state index is 12.6. The second-order valence-corrected chi connectivity index (χ2v) is 6.98. The average Bonchev–Trinajstić information content (AvgIpc) is 2.55. The number of aryl methyl sites for hydroxylation is 2. The van der Waals surface area contributed by atoms with Gasteiger partial charge in [0, 0.05) is 0 Å². The van der Waals surface area contributed by atoms with Crippen molar-refractivity contribution >= 4 is 21.6 Å². The summed E-state index contributed by atoms with van der Waals surface area (Å²) in [6, 6.07) is 11.5. The fourth-order valence-corrected chi connectivity index (χ4v) is 3.41. The van der Waals surface area contributed by atoms with E-state index in [0.717, 1.165) is 17.5 Å². The van der Waals surface area contributed by atoms with E-state index in [4.69, 9.17) is 10.5 Å². The number of amides is 1. The van der Waals surface area contributed by atoms with Crippen LogP contribution in [0.25, 0.3) is 0 Å². The van der Waals surface area contributed by atoms with Crippen LogP contribution in [0.15, 0.2) is 47.4 Å². The SMILES string of the molecule is CCc1cccc(C)c1NS(=O)(=O)c1ccc(OCC(N)=O)cc1. The van der Waals surface area contributed by atoms with Gasteiger partial charge in [-0.15, -0.1) is 0 Å². The molecule has 0 saturated carbocycles.